The van der Waals surface area contributed by atoms with E-state index in [0.29, 0.717) is 0 Å². The molecule has 0 aromatic carbocycles. The van der Waals surface area contributed by atoms with Gasteiger partial charge in [0.2, 0.25) is 11.8 Å². The maximum Gasteiger partial charge on any atom is 0.237 e. The minimum absolute atomic E-state index is 0.0370. The third-order valence-corrected chi connectivity index (χ3v) is 1.59. The molecule has 0 aromatic heterocycles. The number of hydrogen-bond acceptors (Lipinski definition) is 3. The number of carbonyl (C=O) groups excluding carboxylic acids is 2. The second-order valence-electron chi connectivity index (χ2n) is 4.32. The van der Waals surface area contributed by atoms with Gasteiger partial charge in [-0.3, -0.25) is 9.59 Å². The Hall–Kier alpha value is -1.10. The SMILES string of the molecule is CN(CC(N)=O)C(=O)CNC(C)(C)C. The van der Waals surface area contributed by atoms with Gasteiger partial charge >= 0.3 is 0 Å². The van der Waals surface area contributed by atoms with Gasteiger partial charge in [-0.25, -0.2) is 0 Å². The zero-order chi connectivity index (χ0) is 11.4. The molecule has 14 heavy (non-hydrogen) atoms. The molecule has 0 atom stereocenters. The van der Waals surface area contributed by atoms with Gasteiger partial charge in [-0.2, -0.15) is 0 Å². The van der Waals surface area contributed by atoms with Gasteiger partial charge < -0.3 is 16.0 Å². The van der Waals surface area contributed by atoms with Crippen LogP contribution in [0.2, 0.25) is 0 Å². The van der Waals surface area contributed by atoms with E-state index in [1.807, 2.05) is 20.8 Å². The first-order valence-corrected chi connectivity index (χ1v) is 4.49. The topological polar surface area (TPSA) is 75.4 Å². The molecule has 5 heteroatoms. The van der Waals surface area contributed by atoms with Crippen molar-refractivity contribution in [3.63, 3.8) is 0 Å². The summed E-state index contributed by atoms with van der Waals surface area (Å²) in [5.74, 6) is -0.643. The average Bonchev–Trinajstić information content (AvgIpc) is 1.97. The molecule has 0 aliphatic heterocycles. The number of rotatable bonds is 4. The molecule has 2 amide bonds. The molecule has 0 aliphatic carbocycles. The van der Waals surface area contributed by atoms with Crippen molar-refractivity contribution in [3.05, 3.63) is 0 Å². The summed E-state index contributed by atoms with van der Waals surface area (Å²) in [4.78, 5) is 23.2. The lowest BCUT2D eigenvalue weighted by Crippen LogP contribution is -2.45. The first kappa shape index (κ1) is 12.9. The van der Waals surface area contributed by atoms with Crippen LogP contribution in [-0.4, -0.2) is 42.4 Å². The lowest BCUT2D eigenvalue weighted by Gasteiger charge is -2.22. The number of hydrogen-bond donors (Lipinski definition) is 2. The molecule has 0 saturated carbocycles. The van der Waals surface area contributed by atoms with Crippen LogP contribution in [0.4, 0.5) is 0 Å². The lowest BCUT2D eigenvalue weighted by atomic mass is 10.1. The summed E-state index contributed by atoms with van der Waals surface area (Å²) in [6.45, 7) is 6.08. The smallest absolute Gasteiger partial charge is 0.237 e. The monoisotopic (exact) mass is 201 g/mol. The van der Waals surface area contributed by atoms with Crippen LogP contribution in [0.25, 0.3) is 0 Å². The molecule has 0 radical (unpaired) electrons. The molecule has 0 unspecified atom stereocenters. The molecule has 0 rings (SSSR count). The molecule has 0 spiro atoms. The van der Waals surface area contributed by atoms with E-state index in [1.54, 1.807) is 7.05 Å². The summed E-state index contributed by atoms with van der Waals surface area (Å²) in [7, 11) is 1.55. The molecule has 0 heterocycles. The normalized spacial score (nSPS) is 11.1. The first-order valence-electron chi connectivity index (χ1n) is 4.49. The highest BCUT2D eigenvalue weighted by Crippen LogP contribution is 1.97. The van der Waals surface area contributed by atoms with Crippen LogP contribution in [0, 0.1) is 0 Å². The Balaban J connectivity index is 3.91. The van der Waals surface area contributed by atoms with E-state index in [9.17, 15) is 9.59 Å². The number of carbonyl (C=O) groups is 2. The standard InChI is InChI=1S/C9H19N3O2/c1-9(2,3)11-5-8(14)12(4)6-7(10)13/h11H,5-6H2,1-4H3,(H2,10,13). The average molecular weight is 201 g/mol. The summed E-state index contributed by atoms with van der Waals surface area (Å²) in [5, 5.41) is 3.03. The summed E-state index contributed by atoms with van der Waals surface area (Å²) < 4.78 is 0. The Bertz CT molecular complexity index is 221. The Morgan fingerprint density at radius 3 is 2.21 bits per heavy atom. The van der Waals surface area contributed by atoms with Crippen molar-refractivity contribution in [2.75, 3.05) is 20.1 Å². The Labute approximate surface area is 84.6 Å². The first-order chi connectivity index (χ1) is 6.22. The van der Waals surface area contributed by atoms with Gasteiger partial charge in [-0.1, -0.05) is 0 Å². The molecule has 0 saturated heterocycles. The third kappa shape index (κ3) is 6.42. The fraction of sp³-hybridized carbons (Fsp3) is 0.778. The van der Waals surface area contributed by atoms with Crippen LogP contribution in [0.3, 0.4) is 0 Å². The zero-order valence-corrected chi connectivity index (χ0v) is 9.26. The van der Waals surface area contributed by atoms with Gasteiger partial charge in [0.15, 0.2) is 0 Å². The second kappa shape index (κ2) is 4.95. The van der Waals surface area contributed by atoms with Gasteiger partial charge in [0.1, 0.15) is 0 Å². The van der Waals surface area contributed by atoms with Crippen molar-refractivity contribution >= 4 is 11.8 Å². The van der Waals surface area contributed by atoms with Crippen LogP contribution in [0.1, 0.15) is 20.8 Å². The number of nitrogens with two attached hydrogens (primary N) is 1. The van der Waals surface area contributed by atoms with E-state index in [0.717, 1.165) is 0 Å². The van der Waals surface area contributed by atoms with Crippen molar-refractivity contribution in [2.24, 2.45) is 5.73 Å². The van der Waals surface area contributed by atoms with Gasteiger partial charge in [0.05, 0.1) is 13.1 Å². The van der Waals surface area contributed by atoms with Crippen molar-refractivity contribution in [2.45, 2.75) is 26.3 Å². The van der Waals surface area contributed by atoms with Crippen LogP contribution in [0.15, 0.2) is 0 Å². The Morgan fingerprint density at radius 2 is 1.86 bits per heavy atom. The van der Waals surface area contributed by atoms with Crippen LogP contribution in [-0.2, 0) is 9.59 Å². The van der Waals surface area contributed by atoms with E-state index < -0.39 is 5.91 Å². The molecule has 0 aliphatic rings. The maximum absolute atomic E-state index is 11.4. The van der Waals surface area contributed by atoms with Crippen molar-refractivity contribution in [1.82, 2.24) is 10.2 Å². The minimum Gasteiger partial charge on any atom is -0.368 e. The molecule has 0 aromatic rings. The zero-order valence-electron chi connectivity index (χ0n) is 9.26. The number of nitrogens with zero attached hydrogens (tertiary/aromatic N) is 1. The molecule has 82 valence electrons. The predicted octanol–water partition coefficient (Wildman–Crippen LogP) is -0.682. The number of amides is 2. The summed E-state index contributed by atoms with van der Waals surface area (Å²) in [6, 6.07) is 0. The van der Waals surface area contributed by atoms with E-state index in [4.69, 9.17) is 5.73 Å². The summed E-state index contributed by atoms with van der Waals surface area (Å²) in [6.07, 6.45) is 0. The molecule has 0 bridgehead atoms. The van der Waals surface area contributed by atoms with Crippen molar-refractivity contribution < 1.29 is 9.59 Å². The third-order valence-electron chi connectivity index (χ3n) is 1.59. The van der Waals surface area contributed by atoms with Crippen LogP contribution in [0.5, 0.6) is 0 Å². The van der Waals surface area contributed by atoms with Crippen molar-refractivity contribution in [3.8, 4) is 0 Å². The van der Waals surface area contributed by atoms with Crippen LogP contribution >= 0.6 is 0 Å². The van der Waals surface area contributed by atoms with E-state index in [2.05, 4.69) is 5.32 Å². The minimum atomic E-state index is -0.503. The highest BCUT2D eigenvalue weighted by atomic mass is 16.2. The quantitative estimate of drug-likeness (QED) is 0.632. The largest absolute Gasteiger partial charge is 0.368 e. The molecular formula is C9H19N3O2. The molecule has 5 nitrogen and oxygen atoms in total. The number of primary amides is 1. The van der Waals surface area contributed by atoms with Gasteiger partial charge in [-0.15, -0.1) is 0 Å². The van der Waals surface area contributed by atoms with Crippen molar-refractivity contribution in [1.29, 1.82) is 0 Å². The number of likely N-dealkylation sites (N-methyl/N-ethyl adjacent to an activating group) is 1. The van der Waals surface area contributed by atoms with Gasteiger partial charge in [0.25, 0.3) is 0 Å². The van der Waals surface area contributed by atoms with E-state index in [-0.39, 0.29) is 24.5 Å². The van der Waals surface area contributed by atoms with Gasteiger partial charge in [0, 0.05) is 12.6 Å². The lowest BCUT2D eigenvalue weighted by molar-refractivity contribution is -0.133. The van der Waals surface area contributed by atoms with E-state index in [1.165, 1.54) is 4.90 Å². The highest BCUT2D eigenvalue weighted by Gasteiger charge is 2.14. The van der Waals surface area contributed by atoms with Gasteiger partial charge in [-0.05, 0) is 20.8 Å². The van der Waals surface area contributed by atoms with Crippen LogP contribution < -0.4 is 11.1 Å². The summed E-state index contributed by atoms with van der Waals surface area (Å²) in [5.41, 5.74) is 4.85. The highest BCUT2D eigenvalue weighted by molar-refractivity contribution is 5.84. The van der Waals surface area contributed by atoms with E-state index >= 15 is 0 Å². The Kier molecular flexibility index (Phi) is 4.56. The number of nitrogens with one attached hydrogen (secondary N) is 1. The second-order valence-corrected chi connectivity index (χ2v) is 4.32. The molecular weight excluding hydrogens is 182 g/mol. The molecule has 0 fully saturated rings. The molecule has 3 N–H and O–H groups in total. The Morgan fingerprint density at radius 1 is 1.36 bits per heavy atom. The fourth-order valence-electron chi connectivity index (χ4n) is 0.798. The fourth-order valence-corrected chi connectivity index (χ4v) is 0.798. The predicted molar refractivity (Wildman–Crippen MR) is 54.6 cm³/mol. The summed E-state index contributed by atoms with van der Waals surface area (Å²) >= 11 is 0. The maximum atomic E-state index is 11.4.